The highest BCUT2D eigenvalue weighted by molar-refractivity contribution is 5.67. The first kappa shape index (κ1) is 12.7. The summed E-state index contributed by atoms with van der Waals surface area (Å²) in [7, 11) is 0. The Balaban J connectivity index is 1.66. The number of hydrogen-bond acceptors (Lipinski definition) is 3. The van der Waals surface area contributed by atoms with Crippen LogP contribution in [0.5, 0.6) is 0 Å². The highest BCUT2D eigenvalue weighted by Gasteiger charge is 2.22. The Morgan fingerprint density at radius 1 is 1.24 bits per heavy atom. The molecule has 0 bridgehead atoms. The highest BCUT2D eigenvalue weighted by atomic mass is 16.6. The Kier molecular flexibility index (Phi) is 4.66. The van der Waals surface area contributed by atoms with E-state index in [2.05, 4.69) is 12.2 Å². The maximum Gasteiger partial charge on any atom is 0.409 e. The monoisotopic (exact) mass is 240 g/mol. The van der Waals surface area contributed by atoms with Crippen LogP contribution in [0.15, 0.2) is 0 Å². The fourth-order valence-corrected chi connectivity index (χ4v) is 2.52. The summed E-state index contributed by atoms with van der Waals surface area (Å²) < 4.78 is 5.42. The first-order chi connectivity index (χ1) is 8.25. The summed E-state index contributed by atoms with van der Waals surface area (Å²) in [5, 5.41) is 3.32. The minimum Gasteiger partial charge on any atom is -0.449 e. The lowest BCUT2D eigenvalue weighted by molar-refractivity contribution is 0.0715. The van der Waals surface area contributed by atoms with Crippen LogP contribution in [-0.2, 0) is 4.74 Å². The van der Waals surface area contributed by atoms with E-state index in [0.29, 0.717) is 12.5 Å². The third-order valence-electron chi connectivity index (χ3n) is 3.94. The summed E-state index contributed by atoms with van der Waals surface area (Å²) >= 11 is 0. The van der Waals surface area contributed by atoms with Crippen molar-refractivity contribution < 1.29 is 9.53 Å². The van der Waals surface area contributed by atoms with Gasteiger partial charge in [0.2, 0.25) is 0 Å². The van der Waals surface area contributed by atoms with Gasteiger partial charge in [0.15, 0.2) is 0 Å². The van der Waals surface area contributed by atoms with Crippen LogP contribution in [0.2, 0.25) is 0 Å². The van der Waals surface area contributed by atoms with Gasteiger partial charge in [0.1, 0.15) is 0 Å². The van der Waals surface area contributed by atoms with E-state index in [1.165, 1.54) is 0 Å². The van der Waals surface area contributed by atoms with Gasteiger partial charge in [-0.2, -0.15) is 0 Å². The zero-order valence-corrected chi connectivity index (χ0v) is 10.8. The summed E-state index contributed by atoms with van der Waals surface area (Å²) in [4.78, 5) is 13.7. The molecule has 2 aliphatic heterocycles. The van der Waals surface area contributed by atoms with Crippen molar-refractivity contribution in [3.63, 3.8) is 0 Å². The van der Waals surface area contributed by atoms with E-state index in [4.69, 9.17) is 4.74 Å². The number of nitrogens with one attached hydrogen (secondary N) is 1. The van der Waals surface area contributed by atoms with Crippen molar-refractivity contribution in [2.24, 2.45) is 11.8 Å². The molecule has 0 atom stereocenters. The van der Waals surface area contributed by atoms with Crippen molar-refractivity contribution in [2.45, 2.75) is 32.6 Å². The summed E-state index contributed by atoms with van der Waals surface area (Å²) in [5.41, 5.74) is 0. The molecule has 2 saturated heterocycles. The molecule has 98 valence electrons. The maximum absolute atomic E-state index is 11.8. The SMILES string of the molecule is CC1CCN(C(=O)OCC2CCNCC2)CC1. The number of hydrogen-bond donors (Lipinski definition) is 1. The summed E-state index contributed by atoms with van der Waals surface area (Å²) in [6.45, 7) is 6.70. The van der Waals surface area contributed by atoms with Crippen molar-refractivity contribution in [3.8, 4) is 0 Å². The fraction of sp³-hybridized carbons (Fsp3) is 0.923. The Hall–Kier alpha value is -0.770. The molecule has 0 radical (unpaired) electrons. The van der Waals surface area contributed by atoms with Gasteiger partial charge in [0.05, 0.1) is 6.61 Å². The molecule has 17 heavy (non-hydrogen) atoms. The van der Waals surface area contributed by atoms with Crippen LogP contribution in [0, 0.1) is 11.8 Å². The molecule has 0 aliphatic carbocycles. The average molecular weight is 240 g/mol. The molecule has 0 aromatic carbocycles. The van der Waals surface area contributed by atoms with Crippen LogP contribution in [0.4, 0.5) is 4.79 Å². The molecule has 0 aromatic heterocycles. The second kappa shape index (κ2) is 6.24. The maximum atomic E-state index is 11.8. The van der Waals surface area contributed by atoms with E-state index >= 15 is 0 Å². The molecular weight excluding hydrogens is 216 g/mol. The van der Waals surface area contributed by atoms with Gasteiger partial charge >= 0.3 is 6.09 Å². The molecule has 2 fully saturated rings. The molecule has 2 heterocycles. The van der Waals surface area contributed by atoms with E-state index in [1.807, 2.05) is 4.90 Å². The molecule has 0 unspecified atom stereocenters. The quantitative estimate of drug-likeness (QED) is 0.801. The summed E-state index contributed by atoms with van der Waals surface area (Å²) in [5.74, 6) is 1.31. The first-order valence-electron chi connectivity index (χ1n) is 6.88. The minimum absolute atomic E-state index is 0.101. The second-order valence-corrected chi connectivity index (χ2v) is 5.44. The van der Waals surface area contributed by atoms with Crippen LogP contribution >= 0.6 is 0 Å². The number of nitrogens with zero attached hydrogens (tertiary/aromatic N) is 1. The van der Waals surface area contributed by atoms with Crippen molar-refractivity contribution >= 4 is 6.09 Å². The van der Waals surface area contributed by atoms with Gasteiger partial charge in [0, 0.05) is 13.1 Å². The van der Waals surface area contributed by atoms with Crippen LogP contribution in [0.1, 0.15) is 32.6 Å². The van der Waals surface area contributed by atoms with E-state index < -0.39 is 0 Å². The molecule has 0 aromatic rings. The van der Waals surface area contributed by atoms with Gasteiger partial charge in [-0.15, -0.1) is 0 Å². The lowest BCUT2D eigenvalue weighted by Crippen LogP contribution is -2.39. The molecule has 4 heteroatoms. The van der Waals surface area contributed by atoms with E-state index in [1.54, 1.807) is 0 Å². The van der Waals surface area contributed by atoms with Crippen LogP contribution in [0.25, 0.3) is 0 Å². The number of likely N-dealkylation sites (tertiary alicyclic amines) is 1. The Morgan fingerprint density at radius 3 is 2.53 bits per heavy atom. The van der Waals surface area contributed by atoms with Crippen LogP contribution in [0.3, 0.4) is 0 Å². The molecule has 1 N–H and O–H groups in total. The van der Waals surface area contributed by atoms with Crippen molar-refractivity contribution in [1.82, 2.24) is 10.2 Å². The van der Waals surface area contributed by atoms with Gasteiger partial charge in [-0.25, -0.2) is 4.79 Å². The van der Waals surface area contributed by atoms with E-state index in [-0.39, 0.29) is 6.09 Å². The normalized spacial score (nSPS) is 23.7. The van der Waals surface area contributed by atoms with Crippen molar-refractivity contribution in [1.29, 1.82) is 0 Å². The molecular formula is C13H24N2O2. The van der Waals surface area contributed by atoms with Crippen molar-refractivity contribution in [3.05, 3.63) is 0 Å². The predicted molar refractivity (Wildman–Crippen MR) is 66.9 cm³/mol. The highest BCUT2D eigenvalue weighted by Crippen LogP contribution is 2.17. The summed E-state index contributed by atoms with van der Waals surface area (Å²) in [6, 6.07) is 0. The number of rotatable bonds is 2. The Bertz CT molecular complexity index is 244. The first-order valence-corrected chi connectivity index (χ1v) is 6.88. The molecule has 4 nitrogen and oxygen atoms in total. The van der Waals surface area contributed by atoms with Gasteiger partial charge in [-0.05, 0) is 50.6 Å². The molecule has 0 saturated carbocycles. The number of ether oxygens (including phenoxy) is 1. The lowest BCUT2D eigenvalue weighted by Gasteiger charge is -2.30. The van der Waals surface area contributed by atoms with Gasteiger partial charge < -0.3 is 15.0 Å². The number of carbonyl (C=O) groups is 1. The summed E-state index contributed by atoms with van der Waals surface area (Å²) in [6.07, 6.45) is 4.38. The number of piperidine rings is 2. The Labute approximate surface area is 104 Å². The van der Waals surface area contributed by atoms with Gasteiger partial charge in [-0.1, -0.05) is 6.92 Å². The van der Waals surface area contributed by atoms with E-state index in [0.717, 1.165) is 57.8 Å². The van der Waals surface area contributed by atoms with Crippen molar-refractivity contribution in [2.75, 3.05) is 32.8 Å². The Morgan fingerprint density at radius 2 is 1.88 bits per heavy atom. The van der Waals surface area contributed by atoms with Crippen LogP contribution in [-0.4, -0.2) is 43.8 Å². The zero-order chi connectivity index (χ0) is 12.1. The minimum atomic E-state index is -0.101. The molecule has 1 amide bonds. The third-order valence-corrected chi connectivity index (χ3v) is 3.94. The van der Waals surface area contributed by atoms with Gasteiger partial charge in [0.25, 0.3) is 0 Å². The number of carbonyl (C=O) groups excluding carboxylic acids is 1. The van der Waals surface area contributed by atoms with Crippen LogP contribution < -0.4 is 5.32 Å². The number of amides is 1. The van der Waals surface area contributed by atoms with E-state index in [9.17, 15) is 4.79 Å². The largest absolute Gasteiger partial charge is 0.449 e. The topological polar surface area (TPSA) is 41.6 Å². The molecule has 2 aliphatic rings. The second-order valence-electron chi connectivity index (χ2n) is 5.44. The van der Waals surface area contributed by atoms with Gasteiger partial charge in [-0.3, -0.25) is 0 Å². The smallest absolute Gasteiger partial charge is 0.409 e. The lowest BCUT2D eigenvalue weighted by atomic mass is 9.99. The fourth-order valence-electron chi connectivity index (χ4n) is 2.52. The third kappa shape index (κ3) is 3.87. The standard InChI is InChI=1S/C13H24N2O2/c1-11-4-8-15(9-5-11)13(16)17-10-12-2-6-14-7-3-12/h11-12,14H,2-10H2,1H3. The average Bonchev–Trinajstić information content (AvgIpc) is 2.38. The predicted octanol–water partition coefficient (Wildman–Crippen LogP) is 1.85. The molecule has 2 rings (SSSR count). The molecule has 0 spiro atoms. The zero-order valence-electron chi connectivity index (χ0n) is 10.8.